The maximum Gasteiger partial charge on any atom is 0.142 e. The molecule has 0 amide bonds. The van der Waals surface area contributed by atoms with Crippen molar-refractivity contribution in [1.82, 2.24) is 9.38 Å². The Morgan fingerprint density at radius 1 is 1.64 bits per heavy atom. The summed E-state index contributed by atoms with van der Waals surface area (Å²) >= 11 is 0. The quantitative estimate of drug-likeness (QED) is 0.732. The van der Waals surface area contributed by atoms with Crippen molar-refractivity contribution in [2.24, 2.45) is 5.73 Å². The highest BCUT2D eigenvalue weighted by Crippen LogP contribution is 2.17. The Hall–Kier alpha value is -1.39. The Labute approximate surface area is 82.0 Å². The van der Waals surface area contributed by atoms with Gasteiger partial charge in [0.05, 0.1) is 11.8 Å². The predicted molar refractivity (Wildman–Crippen MR) is 53.9 cm³/mol. The Morgan fingerprint density at radius 2 is 2.43 bits per heavy atom. The lowest BCUT2D eigenvalue weighted by molar-refractivity contribution is 0.187. The van der Waals surface area contributed by atoms with Crippen LogP contribution < -0.4 is 5.73 Å². The third kappa shape index (κ3) is 1.38. The second kappa shape index (κ2) is 3.40. The fourth-order valence-electron chi connectivity index (χ4n) is 1.54. The van der Waals surface area contributed by atoms with Crippen LogP contribution in [0.2, 0.25) is 0 Å². The molecule has 0 aliphatic heterocycles. The molecule has 0 spiro atoms. The molecule has 0 aliphatic carbocycles. The van der Waals surface area contributed by atoms with Crippen LogP contribution in [0.1, 0.15) is 17.4 Å². The number of pyridine rings is 1. The number of rotatable bonds is 2. The van der Waals surface area contributed by atoms with Crippen LogP contribution >= 0.6 is 0 Å². The number of hydrogen-bond acceptors (Lipinski definition) is 3. The van der Waals surface area contributed by atoms with E-state index in [1.165, 1.54) is 0 Å². The number of aromatic nitrogens is 2. The van der Waals surface area contributed by atoms with E-state index in [1.54, 1.807) is 0 Å². The van der Waals surface area contributed by atoms with Crippen molar-refractivity contribution in [1.29, 1.82) is 0 Å². The molecule has 2 heterocycles. The van der Waals surface area contributed by atoms with Crippen LogP contribution in [0.15, 0.2) is 24.5 Å². The molecule has 1 unspecified atom stereocenters. The number of hydrogen-bond donors (Lipinski definition) is 2. The summed E-state index contributed by atoms with van der Waals surface area (Å²) in [6.07, 6.45) is 3.19. The highest BCUT2D eigenvalue weighted by molar-refractivity contribution is 5.50. The first-order valence-corrected chi connectivity index (χ1v) is 4.54. The van der Waals surface area contributed by atoms with Crippen LogP contribution in [0, 0.1) is 6.92 Å². The summed E-state index contributed by atoms with van der Waals surface area (Å²) in [5.41, 5.74) is 7.91. The Kier molecular flexibility index (Phi) is 2.23. The lowest BCUT2D eigenvalue weighted by Crippen LogP contribution is -2.12. The molecule has 0 saturated carbocycles. The zero-order chi connectivity index (χ0) is 10.1. The van der Waals surface area contributed by atoms with Gasteiger partial charge in [0.25, 0.3) is 0 Å². The van der Waals surface area contributed by atoms with Gasteiger partial charge in [-0.3, -0.25) is 0 Å². The molecule has 4 nitrogen and oxygen atoms in total. The molecular formula is C10H13N3O. The van der Waals surface area contributed by atoms with Gasteiger partial charge in [-0.15, -0.1) is 0 Å². The highest BCUT2D eigenvalue weighted by atomic mass is 16.3. The maximum atomic E-state index is 9.66. The van der Waals surface area contributed by atoms with Gasteiger partial charge in [0.15, 0.2) is 0 Å². The largest absolute Gasteiger partial charge is 0.387 e. The molecule has 3 N–H and O–H groups in total. The van der Waals surface area contributed by atoms with Crippen LogP contribution in [-0.4, -0.2) is 21.0 Å². The predicted octanol–water partition coefficient (Wildman–Crippen LogP) is 0.635. The van der Waals surface area contributed by atoms with Gasteiger partial charge in [-0.25, -0.2) is 4.98 Å². The molecule has 4 heteroatoms. The third-order valence-corrected chi connectivity index (χ3v) is 2.22. The average Bonchev–Trinajstić information content (AvgIpc) is 2.56. The van der Waals surface area contributed by atoms with Crippen molar-refractivity contribution in [3.63, 3.8) is 0 Å². The summed E-state index contributed by atoms with van der Waals surface area (Å²) in [4.78, 5) is 4.33. The van der Waals surface area contributed by atoms with Crippen molar-refractivity contribution in [3.05, 3.63) is 35.8 Å². The molecule has 0 bridgehead atoms. The molecule has 0 aliphatic rings. The number of imidazole rings is 1. The first kappa shape index (κ1) is 9.18. The van der Waals surface area contributed by atoms with E-state index in [4.69, 9.17) is 5.73 Å². The second-order valence-electron chi connectivity index (χ2n) is 3.33. The third-order valence-electron chi connectivity index (χ3n) is 2.22. The van der Waals surface area contributed by atoms with Gasteiger partial charge in [0.2, 0.25) is 0 Å². The fraction of sp³-hybridized carbons (Fsp3) is 0.300. The molecular weight excluding hydrogens is 178 g/mol. The molecule has 2 aromatic heterocycles. The van der Waals surface area contributed by atoms with Crippen molar-refractivity contribution in [3.8, 4) is 0 Å². The van der Waals surface area contributed by atoms with E-state index in [-0.39, 0.29) is 6.54 Å². The van der Waals surface area contributed by atoms with Gasteiger partial charge in [0, 0.05) is 24.5 Å². The van der Waals surface area contributed by atoms with E-state index in [0.29, 0.717) is 0 Å². The standard InChI is InChI=1S/C10H13N3O/c1-7-6-13-4-2-3-8(9(14)5-11)10(13)12-7/h2-4,6,9,14H,5,11H2,1H3. The zero-order valence-corrected chi connectivity index (χ0v) is 8.01. The van der Waals surface area contributed by atoms with Crippen molar-refractivity contribution in [2.75, 3.05) is 6.54 Å². The van der Waals surface area contributed by atoms with Crippen LogP contribution in [-0.2, 0) is 0 Å². The summed E-state index contributed by atoms with van der Waals surface area (Å²) < 4.78 is 1.89. The molecule has 0 fully saturated rings. The summed E-state index contributed by atoms with van der Waals surface area (Å²) in [6.45, 7) is 2.14. The molecule has 0 radical (unpaired) electrons. The monoisotopic (exact) mass is 191 g/mol. The molecule has 0 aromatic carbocycles. The second-order valence-corrected chi connectivity index (χ2v) is 3.33. The number of aliphatic hydroxyl groups is 1. The van der Waals surface area contributed by atoms with E-state index in [0.717, 1.165) is 16.9 Å². The average molecular weight is 191 g/mol. The molecule has 14 heavy (non-hydrogen) atoms. The lowest BCUT2D eigenvalue weighted by atomic mass is 10.1. The van der Waals surface area contributed by atoms with E-state index >= 15 is 0 Å². The summed E-state index contributed by atoms with van der Waals surface area (Å²) in [5, 5.41) is 9.66. The smallest absolute Gasteiger partial charge is 0.142 e. The summed E-state index contributed by atoms with van der Waals surface area (Å²) in [7, 11) is 0. The lowest BCUT2D eigenvalue weighted by Gasteiger charge is -2.08. The minimum Gasteiger partial charge on any atom is -0.387 e. The Morgan fingerprint density at radius 3 is 3.14 bits per heavy atom. The summed E-state index contributed by atoms with van der Waals surface area (Å²) in [5.74, 6) is 0. The minimum atomic E-state index is -0.638. The van der Waals surface area contributed by atoms with E-state index in [2.05, 4.69) is 4.98 Å². The fourth-order valence-corrected chi connectivity index (χ4v) is 1.54. The number of nitrogens with zero attached hydrogens (tertiary/aromatic N) is 2. The van der Waals surface area contributed by atoms with Gasteiger partial charge in [-0.05, 0) is 13.0 Å². The van der Waals surface area contributed by atoms with Gasteiger partial charge in [-0.1, -0.05) is 6.07 Å². The number of nitrogens with two attached hydrogens (primary N) is 1. The van der Waals surface area contributed by atoms with Crippen molar-refractivity contribution >= 4 is 5.65 Å². The SMILES string of the molecule is Cc1cn2cccc(C(O)CN)c2n1. The number of aliphatic hydroxyl groups excluding tert-OH is 1. The van der Waals surface area contributed by atoms with Gasteiger partial charge in [-0.2, -0.15) is 0 Å². The van der Waals surface area contributed by atoms with E-state index < -0.39 is 6.10 Å². The molecule has 1 atom stereocenters. The molecule has 0 saturated heterocycles. The van der Waals surface area contributed by atoms with Gasteiger partial charge >= 0.3 is 0 Å². The van der Waals surface area contributed by atoms with E-state index in [9.17, 15) is 5.11 Å². The first-order chi connectivity index (χ1) is 6.72. The van der Waals surface area contributed by atoms with Crippen molar-refractivity contribution in [2.45, 2.75) is 13.0 Å². The molecule has 2 rings (SSSR count). The van der Waals surface area contributed by atoms with Gasteiger partial charge < -0.3 is 15.2 Å². The van der Waals surface area contributed by atoms with Gasteiger partial charge in [0.1, 0.15) is 5.65 Å². The van der Waals surface area contributed by atoms with Crippen LogP contribution in [0.4, 0.5) is 0 Å². The highest BCUT2D eigenvalue weighted by Gasteiger charge is 2.10. The molecule has 2 aromatic rings. The van der Waals surface area contributed by atoms with E-state index in [1.807, 2.05) is 35.9 Å². The minimum absolute atomic E-state index is 0.214. The number of aryl methyl sites for hydroxylation is 1. The maximum absolute atomic E-state index is 9.66. The molecule has 74 valence electrons. The van der Waals surface area contributed by atoms with Crippen LogP contribution in [0.3, 0.4) is 0 Å². The van der Waals surface area contributed by atoms with Crippen LogP contribution in [0.5, 0.6) is 0 Å². The number of fused-ring (bicyclic) bond motifs is 1. The topological polar surface area (TPSA) is 63.5 Å². The zero-order valence-electron chi connectivity index (χ0n) is 8.01. The normalized spacial score (nSPS) is 13.4. The first-order valence-electron chi connectivity index (χ1n) is 4.54. The summed E-state index contributed by atoms with van der Waals surface area (Å²) in [6, 6.07) is 3.72. The Bertz CT molecular complexity index is 450. The Balaban J connectivity index is 2.64. The van der Waals surface area contributed by atoms with Crippen molar-refractivity contribution < 1.29 is 5.11 Å². The van der Waals surface area contributed by atoms with Crippen LogP contribution in [0.25, 0.3) is 5.65 Å².